The van der Waals surface area contributed by atoms with Gasteiger partial charge in [0.15, 0.2) is 33.4 Å². The molecular formula is C78H91N31O6S4. The largest absolute Gasteiger partial charge is 0.494 e. The number of hydrogen-bond acceptors (Lipinski definition) is 37. The van der Waals surface area contributed by atoms with Crippen molar-refractivity contribution in [3.05, 3.63) is 186 Å². The van der Waals surface area contributed by atoms with E-state index in [1.54, 1.807) is 49.4 Å². The third-order valence-corrected chi connectivity index (χ3v) is 20.2. The Morgan fingerprint density at radius 3 is 1.76 bits per heavy atom. The molecule has 17 N–H and O–H groups in total. The van der Waals surface area contributed by atoms with Crippen molar-refractivity contribution in [2.45, 2.75) is 49.5 Å². The fourth-order valence-electron chi connectivity index (χ4n) is 11.6. The van der Waals surface area contributed by atoms with Gasteiger partial charge in [-0.2, -0.15) is 38.7 Å². The van der Waals surface area contributed by atoms with E-state index in [0.717, 1.165) is 117 Å². The number of anilines is 17. The summed E-state index contributed by atoms with van der Waals surface area (Å²) in [6.07, 6.45) is 6.39. The van der Waals surface area contributed by atoms with Crippen LogP contribution < -0.4 is 84.8 Å². The molecule has 0 radical (unpaired) electrons. The molecule has 0 saturated carbocycles. The van der Waals surface area contributed by atoms with E-state index in [9.17, 15) is 0 Å². The summed E-state index contributed by atoms with van der Waals surface area (Å²) >= 11 is 5.74. The number of benzene rings is 6. The maximum Gasteiger partial charge on any atom is 0.248 e. The van der Waals surface area contributed by atoms with Crippen molar-refractivity contribution in [1.29, 1.82) is 0 Å². The van der Waals surface area contributed by atoms with E-state index in [4.69, 9.17) is 67.8 Å². The number of morpholine rings is 2. The van der Waals surface area contributed by atoms with Gasteiger partial charge in [0, 0.05) is 120 Å². The standard InChI is InChI=1S/C21H29N9O3S.C20H27N7O2S.C19H19N9S.C18H16N6OS/c1-31-16-12-14(4-5-15(16)33-9-3-6-29-7-10-32-11-8-29)24-20-27-19(23)30(28-20)18-13-17(22)25-21(26-18)34-2;1-20(2,3)16-12-30-19(23-16)27-18(24-17(21)25-27)22-14-6-5-13(11-15(14)28-4)26-7-9-29-10-8-26;1-29-19-24-15(22-13-7-3-2-4-8-13)11-16(25-19)28-17(21)26-18(27-28)23-14-9-5-6-12(20)10-14;19-16-22-17(23-24(16)18-20-9-10-26-18)21-14-7-4-8-15(11-14)25-12-13-5-2-1-3-6-13/h4-5,12-13H,3,6-11H2,1-2H3,(H2,22,25,26)(H3,23,24,27,28);5-6,11-12H,7-10H2,1-4H3,(H3,21,22,24,25);2-11H,20H2,1H3,(H,22,24,25)(H3,21,23,26,27);1-11H,12H2,(H3,19,21,22,23). The average Bonchev–Trinajstić information content (AvgIpc) is 1.71. The predicted octanol–water partition coefficient (Wildman–Crippen LogP) is 12.0. The van der Waals surface area contributed by atoms with Crippen molar-refractivity contribution < 1.29 is 28.4 Å². The van der Waals surface area contributed by atoms with Crippen LogP contribution in [0.5, 0.6) is 23.0 Å². The van der Waals surface area contributed by atoms with Gasteiger partial charge in [-0.25, -0.2) is 29.9 Å². The van der Waals surface area contributed by atoms with E-state index in [1.807, 2.05) is 151 Å². The number of hydrogen-bond donors (Lipinski definition) is 11. The molecule has 0 amide bonds. The van der Waals surface area contributed by atoms with Gasteiger partial charge in [0.1, 0.15) is 29.7 Å². The average molecular weight is 1690 g/mol. The lowest BCUT2D eigenvalue weighted by molar-refractivity contribution is 0.0357. The number of para-hydroxylation sites is 1. The maximum absolute atomic E-state index is 6.09. The number of ether oxygens (including phenoxy) is 6. The zero-order valence-electron chi connectivity index (χ0n) is 66.2. The molecule has 618 valence electrons. The van der Waals surface area contributed by atoms with Gasteiger partial charge in [-0.3, -0.25) is 4.90 Å². The number of nitrogens with one attached hydrogen (secondary N) is 5. The number of aromatic nitrogens is 18. The normalized spacial score (nSPS) is 12.7. The lowest BCUT2D eigenvalue weighted by atomic mass is 9.93. The second-order valence-corrected chi connectivity index (χ2v) is 30.3. The second kappa shape index (κ2) is 40.0. The molecule has 0 aliphatic carbocycles. The minimum absolute atomic E-state index is 0.0486. The van der Waals surface area contributed by atoms with Crippen LogP contribution in [0.2, 0.25) is 0 Å². The monoisotopic (exact) mass is 1690 g/mol. The maximum atomic E-state index is 6.09. The highest BCUT2D eigenvalue weighted by molar-refractivity contribution is 7.98. The summed E-state index contributed by atoms with van der Waals surface area (Å²) in [6, 6.07) is 49.6. The van der Waals surface area contributed by atoms with E-state index in [-0.39, 0.29) is 29.2 Å². The molecule has 6 aromatic carbocycles. The highest BCUT2D eigenvalue weighted by Gasteiger charge is 2.24. The highest BCUT2D eigenvalue weighted by atomic mass is 32.2. The van der Waals surface area contributed by atoms with Crippen molar-refractivity contribution in [1.82, 2.24) is 93.9 Å². The van der Waals surface area contributed by atoms with Crippen LogP contribution in [0.15, 0.2) is 185 Å². The zero-order valence-corrected chi connectivity index (χ0v) is 69.5. The highest BCUT2D eigenvalue weighted by Crippen LogP contribution is 2.36. The van der Waals surface area contributed by atoms with Crippen molar-refractivity contribution >= 4 is 145 Å². The van der Waals surface area contributed by atoms with E-state index in [2.05, 4.69) is 128 Å². The number of nitrogens with zero attached hydrogens (tertiary/aromatic N) is 20. The summed E-state index contributed by atoms with van der Waals surface area (Å²) in [7, 11) is 3.26. The fraction of sp³-hybridized carbons (Fsp3) is 0.256. The van der Waals surface area contributed by atoms with Gasteiger partial charge in [-0.15, -0.1) is 43.1 Å². The Morgan fingerprint density at radius 2 is 1.12 bits per heavy atom. The van der Waals surface area contributed by atoms with Gasteiger partial charge in [0.25, 0.3) is 0 Å². The molecule has 2 aliphatic heterocycles. The summed E-state index contributed by atoms with van der Waals surface area (Å²) in [4.78, 5) is 48.2. The van der Waals surface area contributed by atoms with Gasteiger partial charge in [0.2, 0.25) is 57.8 Å². The summed E-state index contributed by atoms with van der Waals surface area (Å²) < 4.78 is 39.7. The summed E-state index contributed by atoms with van der Waals surface area (Å²) in [5.41, 5.74) is 43.4. The first-order valence-electron chi connectivity index (χ1n) is 37.3. The van der Waals surface area contributed by atoms with Crippen LogP contribution in [0, 0.1) is 0 Å². The first-order valence-corrected chi connectivity index (χ1v) is 41.5. The lowest BCUT2D eigenvalue weighted by Crippen LogP contribution is -2.37. The van der Waals surface area contributed by atoms with E-state index >= 15 is 0 Å². The smallest absolute Gasteiger partial charge is 0.248 e. The molecule has 0 bridgehead atoms. The first-order chi connectivity index (χ1) is 57.8. The molecule has 0 atom stereocenters. The molecule has 119 heavy (non-hydrogen) atoms. The van der Waals surface area contributed by atoms with Crippen LogP contribution in [-0.2, 0) is 21.5 Å². The van der Waals surface area contributed by atoms with Crippen LogP contribution in [-0.4, -0.2) is 186 Å². The Hall–Kier alpha value is -13.3. The SMILES string of the molecule is COc1cc(N2CCOCC2)ccc1Nc1nc(N)nn1-c1nc(C(C)(C)C)cs1.COc1cc(Nc2nc(N)n(-c3cc(N)nc(SC)n3)n2)ccc1OCCCN1CCOCC1.CSc1nc(Nc2ccccc2)cc(-n2nc(Nc3cccc(N)c3)nc2N)n1.Nc1nc(Nc2cccc(OCc3ccccc3)c2)nn1-c1nccs1. The molecule has 8 aromatic heterocycles. The Bertz CT molecular complexity index is 5600. The number of methoxy groups -OCH3 is 2. The Balaban J connectivity index is 0.000000138. The van der Waals surface area contributed by atoms with E-state index in [0.29, 0.717) is 104 Å². The quantitative estimate of drug-likeness (QED) is 0.00985. The molecular weight excluding hydrogens is 1600 g/mol. The third-order valence-electron chi connectivity index (χ3n) is 17.5. The van der Waals surface area contributed by atoms with Crippen molar-refractivity contribution in [2.24, 2.45) is 0 Å². The second-order valence-electron chi connectivity index (χ2n) is 27.1. The van der Waals surface area contributed by atoms with Crippen LogP contribution >= 0.6 is 46.2 Å². The Kier molecular flexibility index (Phi) is 28.1. The molecule has 0 spiro atoms. The van der Waals surface area contributed by atoms with Gasteiger partial charge >= 0.3 is 0 Å². The molecule has 10 heterocycles. The molecule has 2 aliphatic rings. The van der Waals surface area contributed by atoms with Gasteiger partial charge in [-0.1, -0.05) is 105 Å². The number of thiazole rings is 2. The Morgan fingerprint density at radius 1 is 0.504 bits per heavy atom. The summed E-state index contributed by atoms with van der Waals surface area (Å²) in [5.74, 6) is 7.00. The summed E-state index contributed by atoms with van der Waals surface area (Å²) in [5, 5.41) is 39.8. The first kappa shape index (κ1) is 83.6. The van der Waals surface area contributed by atoms with Gasteiger partial charge < -0.3 is 94.3 Å². The molecule has 2 fully saturated rings. The molecule has 41 heteroatoms. The zero-order chi connectivity index (χ0) is 83.2. The lowest BCUT2D eigenvalue weighted by Gasteiger charge is -2.29. The number of nitrogens with two attached hydrogens (primary N) is 6. The number of thioether (sulfide) groups is 2. The predicted molar refractivity (Wildman–Crippen MR) is 470 cm³/mol. The molecule has 2 saturated heterocycles. The van der Waals surface area contributed by atoms with Crippen molar-refractivity contribution in [3.8, 4) is 44.9 Å². The van der Waals surface area contributed by atoms with Crippen LogP contribution in [0.1, 0.15) is 38.4 Å². The molecule has 37 nitrogen and oxygen atoms in total. The molecule has 16 rings (SSSR count). The third kappa shape index (κ3) is 23.1. The van der Waals surface area contributed by atoms with Crippen molar-refractivity contribution in [3.63, 3.8) is 0 Å². The van der Waals surface area contributed by atoms with Gasteiger partial charge in [-0.05, 0) is 91.2 Å². The summed E-state index contributed by atoms with van der Waals surface area (Å²) in [6.45, 7) is 15.2. The Labute approximate surface area is 702 Å². The van der Waals surface area contributed by atoms with Gasteiger partial charge in [0.05, 0.1) is 58.6 Å². The number of nitrogen functional groups attached to an aromatic ring is 6. The van der Waals surface area contributed by atoms with Crippen molar-refractivity contribution in [2.75, 3.05) is 158 Å². The topological polar surface area (TPSA) is 478 Å². The minimum atomic E-state index is -0.0486. The molecule has 0 unspecified atom stereocenters. The molecule has 14 aromatic rings. The minimum Gasteiger partial charge on any atom is -0.494 e. The van der Waals surface area contributed by atoms with Crippen LogP contribution in [0.25, 0.3) is 21.9 Å². The van der Waals surface area contributed by atoms with Crippen LogP contribution in [0.3, 0.4) is 0 Å². The van der Waals surface area contributed by atoms with Crippen LogP contribution in [0.4, 0.5) is 99.0 Å². The fourth-order valence-corrected chi connectivity index (χ4v) is 14.0. The van der Waals surface area contributed by atoms with E-state index in [1.165, 1.54) is 60.2 Å². The van der Waals surface area contributed by atoms with E-state index < -0.39 is 0 Å². The number of rotatable bonds is 27.